The number of halogens is 1. The van der Waals surface area contributed by atoms with Gasteiger partial charge in [0.05, 0.1) is 19.7 Å². The van der Waals surface area contributed by atoms with Crippen molar-refractivity contribution in [3.8, 4) is 5.75 Å². The number of benzene rings is 2. The van der Waals surface area contributed by atoms with Crippen molar-refractivity contribution in [2.75, 3.05) is 7.11 Å². The largest absolute Gasteiger partial charge is 0.497 e. The van der Waals surface area contributed by atoms with Crippen LogP contribution in [0.15, 0.2) is 53.3 Å². The van der Waals surface area contributed by atoms with Gasteiger partial charge in [-0.05, 0) is 71.7 Å². The smallest absolute Gasteiger partial charge is 0.252 e. The molecule has 2 aromatic carbocycles. The first-order chi connectivity index (χ1) is 17.6. The summed E-state index contributed by atoms with van der Waals surface area (Å²) < 4.78 is 20.6. The Morgan fingerprint density at radius 3 is 2.67 bits per heavy atom. The molecule has 1 aliphatic carbocycles. The summed E-state index contributed by atoms with van der Waals surface area (Å²) in [6.45, 7) is 3.07. The fourth-order valence-electron chi connectivity index (χ4n) is 5.29. The van der Waals surface area contributed by atoms with Gasteiger partial charge in [-0.2, -0.15) is 0 Å². The molecule has 2 heterocycles. The maximum absolute atomic E-state index is 13.4. The van der Waals surface area contributed by atoms with E-state index in [0.29, 0.717) is 24.7 Å². The number of ether oxygens (including phenoxy) is 1. The number of hydrogen-bond acceptors (Lipinski definition) is 6. The third-order valence-electron chi connectivity index (χ3n) is 7.17. The van der Waals surface area contributed by atoms with E-state index in [0.717, 1.165) is 47.3 Å². The summed E-state index contributed by atoms with van der Waals surface area (Å²) in [5.41, 5.74) is 2.33. The van der Waals surface area contributed by atoms with Crippen molar-refractivity contribution in [3.63, 3.8) is 0 Å². The monoisotopic (exact) mass is 490 g/mol. The van der Waals surface area contributed by atoms with Gasteiger partial charge in [-0.15, -0.1) is 5.10 Å². The average Bonchev–Trinajstić information content (AvgIpc) is 3.58. The van der Waals surface area contributed by atoms with Gasteiger partial charge >= 0.3 is 0 Å². The molecule has 1 aliphatic rings. The molecule has 5 rings (SSSR count). The zero-order valence-electron chi connectivity index (χ0n) is 20.7. The van der Waals surface area contributed by atoms with Gasteiger partial charge in [0.1, 0.15) is 11.6 Å². The lowest BCUT2D eigenvalue weighted by Crippen LogP contribution is -2.39. The molecule has 1 unspecified atom stereocenters. The van der Waals surface area contributed by atoms with E-state index in [1.807, 2.05) is 24.3 Å². The molecule has 0 spiro atoms. The Balaban J connectivity index is 1.49. The molecule has 8 nitrogen and oxygen atoms in total. The number of nitrogens with zero attached hydrogens (tertiary/aromatic N) is 5. The van der Waals surface area contributed by atoms with Crippen LogP contribution in [0.2, 0.25) is 0 Å². The highest BCUT2D eigenvalue weighted by Crippen LogP contribution is 2.34. The molecule has 0 bridgehead atoms. The number of nitrogens with one attached hydrogen (secondary N) is 1. The minimum absolute atomic E-state index is 0.0658. The van der Waals surface area contributed by atoms with Gasteiger partial charge in [-0.3, -0.25) is 9.69 Å². The van der Waals surface area contributed by atoms with Gasteiger partial charge in [0.15, 0.2) is 5.82 Å². The fourth-order valence-corrected chi connectivity index (χ4v) is 5.29. The van der Waals surface area contributed by atoms with E-state index in [-0.39, 0.29) is 17.4 Å². The third-order valence-corrected chi connectivity index (χ3v) is 7.17. The maximum Gasteiger partial charge on any atom is 0.252 e. The molecule has 1 saturated carbocycles. The molecular formula is C27H31FN6O2. The van der Waals surface area contributed by atoms with Gasteiger partial charge < -0.3 is 9.72 Å². The van der Waals surface area contributed by atoms with Gasteiger partial charge in [-0.1, -0.05) is 31.9 Å². The van der Waals surface area contributed by atoms with Crippen LogP contribution in [-0.2, 0) is 13.1 Å². The molecule has 1 fully saturated rings. The second-order valence-corrected chi connectivity index (χ2v) is 9.43. The van der Waals surface area contributed by atoms with Crippen molar-refractivity contribution >= 4 is 10.9 Å². The van der Waals surface area contributed by atoms with E-state index in [2.05, 4.69) is 32.3 Å². The van der Waals surface area contributed by atoms with E-state index < -0.39 is 0 Å². The summed E-state index contributed by atoms with van der Waals surface area (Å²) >= 11 is 0. The second-order valence-electron chi connectivity index (χ2n) is 9.43. The number of tetrazole rings is 1. The first-order valence-electron chi connectivity index (χ1n) is 12.5. The van der Waals surface area contributed by atoms with Crippen molar-refractivity contribution in [2.45, 2.75) is 64.2 Å². The van der Waals surface area contributed by atoms with E-state index in [9.17, 15) is 9.18 Å². The van der Waals surface area contributed by atoms with E-state index >= 15 is 0 Å². The number of rotatable bonds is 9. The Hall–Kier alpha value is -3.59. The van der Waals surface area contributed by atoms with Gasteiger partial charge in [0.25, 0.3) is 5.56 Å². The van der Waals surface area contributed by atoms with Crippen LogP contribution in [0, 0.1) is 5.82 Å². The van der Waals surface area contributed by atoms with Gasteiger partial charge in [0.2, 0.25) is 0 Å². The lowest BCUT2D eigenvalue weighted by Gasteiger charge is -2.35. The maximum atomic E-state index is 13.4. The highest BCUT2D eigenvalue weighted by Gasteiger charge is 2.32. The van der Waals surface area contributed by atoms with Crippen LogP contribution in [0.25, 0.3) is 10.9 Å². The summed E-state index contributed by atoms with van der Waals surface area (Å²) in [6, 6.07) is 14.3. The normalized spacial score (nSPS) is 15.1. The summed E-state index contributed by atoms with van der Waals surface area (Å²) in [5.74, 6) is 1.24. The van der Waals surface area contributed by atoms with Crippen LogP contribution in [0.4, 0.5) is 4.39 Å². The summed E-state index contributed by atoms with van der Waals surface area (Å²) in [6.07, 6.45) is 5.29. The molecule has 1 atom stereocenters. The Morgan fingerprint density at radius 1 is 1.17 bits per heavy atom. The lowest BCUT2D eigenvalue weighted by atomic mass is 10.0. The second kappa shape index (κ2) is 10.6. The molecule has 9 heteroatoms. The molecule has 1 N–H and O–H groups in total. The highest BCUT2D eigenvalue weighted by atomic mass is 19.1. The van der Waals surface area contributed by atoms with Crippen LogP contribution in [0.3, 0.4) is 0 Å². The topological polar surface area (TPSA) is 88.9 Å². The van der Waals surface area contributed by atoms with Gasteiger partial charge in [-0.25, -0.2) is 9.07 Å². The Labute approximate surface area is 209 Å². The first kappa shape index (κ1) is 24.1. The summed E-state index contributed by atoms with van der Waals surface area (Å²) in [4.78, 5) is 18.5. The van der Waals surface area contributed by atoms with Gasteiger partial charge in [0, 0.05) is 29.1 Å². The quantitative estimate of drug-likeness (QED) is 0.369. The number of hydrogen-bond donors (Lipinski definition) is 1. The number of pyridine rings is 1. The third kappa shape index (κ3) is 5.02. The zero-order chi connectivity index (χ0) is 25.1. The minimum atomic E-state index is -0.271. The van der Waals surface area contributed by atoms with Crippen LogP contribution in [-0.4, -0.2) is 43.2 Å². The lowest BCUT2D eigenvalue weighted by molar-refractivity contribution is 0.112. The Bertz CT molecular complexity index is 1380. The molecular weight excluding hydrogens is 459 g/mol. The van der Waals surface area contributed by atoms with Crippen molar-refractivity contribution in [2.24, 2.45) is 0 Å². The number of aromatic nitrogens is 5. The summed E-state index contributed by atoms with van der Waals surface area (Å²) in [7, 11) is 1.64. The molecule has 0 aliphatic heterocycles. The molecule has 188 valence electrons. The predicted octanol–water partition coefficient (Wildman–Crippen LogP) is 4.61. The van der Waals surface area contributed by atoms with Crippen molar-refractivity contribution < 1.29 is 9.13 Å². The van der Waals surface area contributed by atoms with Crippen molar-refractivity contribution in [1.29, 1.82) is 0 Å². The predicted molar refractivity (Wildman–Crippen MR) is 135 cm³/mol. The summed E-state index contributed by atoms with van der Waals surface area (Å²) in [5, 5.41) is 13.6. The molecule has 2 aromatic heterocycles. The van der Waals surface area contributed by atoms with E-state index in [1.165, 1.54) is 25.0 Å². The van der Waals surface area contributed by atoms with Crippen LogP contribution < -0.4 is 10.3 Å². The average molecular weight is 491 g/mol. The highest BCUT2D eigenvalue weighted by molar-refractivity contribution is 5.80. The molecule has 0 amide bonds. The number of H-pyrrole nitrogens is 1. The SMILES string of the molecule is CCC(c1nnnn1Cc1ccc(F)cc1)N(Cc1cc2cc(OC)ccc2[nH]c1=O)C1CCCC1. The Morgan fingerprint density at radius 2 is 1.94 bits per heavy atom. The van der Waals surface area contributed by atoms with Crippen LogP contribution in [0.1, 0.15) is 62.0 Å². The van der Waals surface area contributed by atoms with Crippen molar-refractivity contribution in [1.82, 2.24) is 30.1 Å². The number of aromatic amines is 1. The molecule has 4 aromatic rings. The number of fused-ring (bicyclic) bond motifs is 1. The molecule has 0 radical (unpaired) electrons. The Kier molecular flexibility index (Phi) is 7.09. The minimum Gasteiger partial charge on any atom is -0.497 e. The standard InChI is InChI=1S/C27H31FN6O2/c1-3-25(26-30-31-32-34(26)16-18-8-10-21(28)11-9-18)33(22-6-4-5-7-22)17-20-14-19-15-23(36-2)12-13-24(19)29-27(20)35/h8-15,22,25H,3-7,16-17H2,1-2H3,(H,29,35). The fraction of sp³-hybridized carbons (Fsp3) is 0.407. The number of methoxy groups -OCH3 is 1. The zero-order valence-corrected chi connectivity index (χ0v) is 20.7. The first-order valence-corrected chi connectivity index (χ1v) is 12.5. The van der Waals surface area contributed by atoms with E-state index in [4.69, 9.17) is 4.74 Å². The van der Waals surface area contributed by atoms with E-state index in [1.54, 1.807) is 23.9 Å². The van der Waals surface area contributed by atoms with Crippen molar-refractivity contribution in [3.05, 3.63) is 81.7 Å². The molecule has 36 heavy (non-hydrogen) atoms. The van der Waals surface area contributed by atoms with Crippen LogP contribution in [0.5, 0.6) is 5.75 Å². The van der Waals surface area contributed by atoms with Crippen LogP contribution >= 0.6 is 0 Å². The molecule has 0 saturated heterocycles.